The van der Waals surface area contributed by atoms with E-state index in [4.69, 9.17) is 9.15 Å². The maximum atomic E-state index is 11.3. The second-order valence-corrected chi connectivity index (χ2v) is 4.80. The van der Waals surface area contributed by atoms with E-state index in [0.29, 0.717) is 24.8 Å². The van der Waals surface area contributed by atoms with Gasteiger partial charge in [0, 0.05) is 13.0 Å². The summed E-state index contributed by atoms with van der Waals surface area (Å²) in [5.74, 6) is 5.86. The molecular formula is C14H17NO4. The summed E-state index contributed by atoms with van der Waals surface area (Å²) in [5.41, 5.74) is 0.0399. The van der Waals surface area contributed by atoms with Crippen LogP contribution in [0.25, 0.3) is 0 Å². The van der Waals surface area contributed by atoms with Crippen molar-refractivity contribution in [1.29, 1.82) is 0 Å². The number of amides is 1. The molecule has 0 aliphatic carbocycles. The largest absolute Gasteiger partial charge is 0.460 e. The molecule has 0 spiro atoms. The Morgan fingerprint density at radius 1 is 1.53 bits per heavy atom. The van der Waals surface area contributed by atoms with E-state index in [2.05, 4.69) is 17.2 Å². The minimum Gasteiger partial charge on any atom is -0.460 e. The third-order valence-corrected chi connectivity index (χ3v) is 1.94. The first-order chi connectivity index (χ1) is 8.92. The van der Waals surface area contributed by atoms with E-state index in [1.165, 1.54) is 6.26 Å². The zero-order chi connectivity index (χ0) is 14.3. The van der Waals surface area contributed by atoms with E-state index in [1.54, 1.807) is 26.8 Å². The molecule has 0 aliphatic heterocycles. The minimum atomic E-state index is -0.509. The molecule has 0 fully saturated rings. The van der Waals surface area contributed by atoms with Crippen LogP contribution in [0.5, 0.6) is 0 Å². The number of alkyl carbamates (subject to hydrolysis) is 1. The number of rotatable bonds is 3. The summed E-state index contributed by atoms with van der Waals surface area (Å²) in [4.78, 5) is 21.9. The Morgan fingerprint density at radius 3 is 2.89 bits per heavy atom. The van der Waals surface area contributed by atoms with E-state index in [0.717, 1.165) is 0 Å². The topological polar surface area (TPSA) is 68.5 Å². The second-order valence-electron chi connectivity index (χ2n) is 4.80. The molecule has 1 heterocycles. The Bertz CT molecular complexity index is 499. The van der Waals surface area contributed by atoms with E-state index < -0.39 is 11.7 Å². The maximum absolute atomic E-state index is 11.3. The Labute approximate surface area is 112 Å². The highest BCUT2D eigenvalue weighted by Gasteiger charge is 2.15. The first kappa shape index (κ1) is 14.8. The number of aldehydes is 1. The molecule has 102 valence electrons. The van der Waals surface area contributed by atoms with Gasteiger partial charge >= 0.3 is 6.09 Å². The normalized spacial score (nSPS) is 10.3. The molecule has 0 atom stereocenters. The fraction of sp³-hybridized carbons (Fsp3) is 0.429. The van der Waals surface area contributed by atoms with Gasteiger partial charge in [-0.25, -0.2) is 4.79 Å². The molecule has 0 aromatic carbocycles. The van der Waals surface area contributed by atoms with Crippen LogP contribution >= 0.6 is 0 Å². The lowest BCUT2D eigenvalue weighted by Crippen LogP contribution is -2.32. The van der Waals surface area contributed by atoms with E-state index in [1.807, 2.05) is 0 Å². The lowest BCUT2D eigenvalue weighted by molar-refractivity contribution is 0.0529. The van der Waals surface area contributed by atoms with Crippen LogP contribution in [-0.4, -0.2) is 24.5 Å². The number of hydrogen-bond acceptors (Lipinski definition) is 4. The number of furan rings is 1. The number of ether oxygens (including phenoxy) is 1. The van der Waals surface area contributed by atoms with Gasteiger partial charge in [-0.15, -0.1) is 0 Å². The molecule has 0 saturated heterocycles. The Morgan fingerprint density at radius 2 is 2.26 bits per heavy atom. The highest BCUT2D eigenvalue weighted by Crippen LogP contribution is 2.06. The molecule has 0 unspecified atom stereocenters. The number of carbonyl (C=O) groups excluding carboxylic acids is 2. The van der Waals surface area contributed by atoms with Gasteiger partial charge in [0.1, 0.15) is 5.60 Å². The van der Waals surface area contributed by atoms with Crippen molar-refractivity contribution in [1.82, 2.24) is 5.32 Å². The average Bonchev–Trinajstić information content (AvgIpc) is 2.73. The van der Waals surface area contributed by atoms with E-state index in [-0.39, 0.29) is 5.76 Å². The summed E-state index contributed by atoms with van der Waals surface area (Å²) in [5, 5.41) is 2.59. The van der Waals surface area contributed by atoms with Crippen molar-refractivity contribution >= 4 is 12.4 Å². The highest BCUT2D eigenvalue weighted by atomic mass is 16.6. The van der Waals surface area contributed by atoms with Gasteiger partial charge in [0.25, 0.3) is 0 Å². The van der Waals surface area contributed by atoms with Crippen molar-refractivity contribution in [2.24, 2.45) is 0 Å². The Balaban J connectivity index is 2.32. The van der Waals surface area contributed by atoms with Gasteiger partial charge in [-0.3, -0.25) is 4.79 Å². The van der Waals surface area contributed by atoms with Gasteiger partial charge in [0.2, 0.25) is 0 Å². The Kier molecular flexibility index (Phi) is 5.19. The minimum absolute atomic E-state index is 0.215. The lowest BCUT2D eigenvalue weighted by Gasteiger charge is -2.19. The quantitative estimate of drug-likeness (QED) is 0.516. The molecule has 1 amide bonds. The molecule has 1 rings (SSSR count). The first-order valence-corrected chi connectivity index (χ1v) is 5.91. The number of carbonyl (C=O) groups is 2. The molecule has 0 bridgehead atoms. The zero-order valence-corrected chi connectivity index (χ0v) is 11.3. The van der Waals surface area contributed by atoms with Crippen LogP contribution in [0.1, 0.15) is 43.3 Å². The molecule has 5 nitrogen and oxygen atoms in total. The van der Waals surface area contributed by atoms with Crippen molar-refractivity contribution in [2.75, 3.05) is 6.54 Å². The summed E-state index contributed by atoms with van der Waals surface area (Å²) in [7, 11) is 0. The summed E-state index contributed by atoms with van der Waals surface area (Å²) in [6.07, 6.45) is 2.02. The van der Waals surface area contributed by atoms with Crippen molar-refractivity contribution in [3.8, 4) is 11.8 Å². The zero-order valence-electron chi connectivity index (χ0n) is 11.3. The second kappa shape index (κ2) is 6.64. The van der Waals surface area contributed by atoms with Gasteiger partial charge in [-0.05, 0) is 26.8 Å². The standard InChI is InChI=1S/C14H17NO4/c1-14(2,3)19-13(17)15-8-5-4-6-11-7-9-18-12(11)10-16/h7,9-10H,5,8H2,1-3H3,(H,15,17). The van der Waals surface area contributed by atoms with Gasteiger partial charge < -0.3 is 14.5 Å². The summed E-state index contributed by atoms with van der Waals surface area (Å²) < 4.78 is 9.97. The monoisotopic (exact) mass is 263 g/mol. The van der Waals surface area contributed by atoms with E-state index in [9.17, 15) is 9.59 Å². The molecule has 0 aliphatic rings. The van der Waals surface area contributed by atoms with Crippen LogP contribution in [0, 0.1) is 11.8 Å². The molecule has 0 radical (unpaired) electrons. The van der Waals surface area contributed by atoms with Crippen LogP contribution in [0.4, 0.5) is 4.79 Å². The van der Waals surface area contributed by atoms with Crippen LogP contribution in [-0.2, 0) is 4.74 Å². The van der Waals surface area contributed by atoms with Gasteiger partial charge in [-0.2, -0.15) is 0 Å². The SMILES string of the molecule is CC(C)(C)OC(=O)NCCC#Cc1ccoc1C=O. The van der Waals surface area contributed by atoms with Crippen LogP contribution in [0.15, 0.2) is 16.7 Å². The van der Waals surface area contributed by atoms with Crippen LogP contribution in [0.3, 0.4) is 0 Å². The Hall–Kier alpha value is -2.22. The summed E-state index contributed by atoms with van der Waals surface area (Å²) in [6, 6.07) is 1.62. The molecule has 1 aromatic heterocycles. The van der Waals surface area contributed by atoms with Crippen molar-refractivity contribution < 1.29 is 18.7 Å². The van der Waals surface area contributed by atoms with Crippen LogP contribution < -0.4 is 5.32 Å². The highest BCUT2D eigenvalue weighted by molar-refractivity contribution is 5.75. The molecule has 19 heavy (non-hydrogen) atoms. The first-order valence-electron chi connectivity index (χ1n) is 5.91. The van der Waals surface area contributed by atoms with Gasteiger partial charge in [0.15, 0.2) is 12.0 Å². The van der Waals surface area contributed by atoms with Crippen LogP contribution in [0.2, 0.25) is 0 Å². The number of hydrogen-bond donors (Lipinski definition) is 1. The van der Waals surface area contributed by atoms with Crippen molar-refractivity contribution in [3.05, 3.63) is 23.7 Å². The van der Waals surface area contributed by atoms with Gasteiger partial charge in [-0.1, -0.05) is 11.8 Å². The molecule has 1 aromatic rings. The molecule has 1 N–H and O–H groups in total. The average molecular weight is 263 g/mol. The lowest BCUT2D eigenvalue weighted by atomic mass is 10.2. The smallest absolute Gasteiger partial charge is 0.407 e. The fourth-order valence-electron chi connectivity index (χ4n) is 1.21. The predicted octanol–water partition coefficient (Wildman–Crippen LogP) is 2.36. The van der Waals surface area contributed by atoms with Crippen molar-refractivity contribution in [3.63, 3.8) is 0 Å². The molecule has 0 saturated carbocycles. The molecule has 5 heteroatoms. The summed E-state index contributed by atoms with van der Waals surface area (Å²) >= 11 is 0. The third-order valence-electron chi connectivity index (χ3n) is 1.94. The molecular weight excluding hydrogens is 246 g/mol. The maximum Gasteiger partial charge on any atom is 0.407 e. The summed E-state index contributed by atoms with van der Waals surface area (Å²) in [6.45, 7) is 5.78. The predicted molar refractivity (Wildman–Crippen MR) is 69.8 cm³/mol. The van der Waals surface area contributed by atoms with Gasteiger partial charge in [0.05, 0.1) is 11.8 Å². The van der Waals surface area contributed by atoms with E-state index >= 15 is 0 Å². The number of nitrogens with one attached hydrogen (secondary N) is 1. The fourth-order valence-corrected chi connectivity index (χ4v) is 1.21. The third kappa shape index (κ3) is 5.77. The van der Waals surface area contributed by atoms with Crippen molar-refractivity contribution in [2.45, 2.75) is 32.8 Å².